The molecule has 3 N–H and O–H groups in total. The minimum absolute atomic E-state index is 0.0194. The van der Waals surface area contributed by atoms with Gasteiger partial charge in [0.2, 0.25) is 5.82 Å². The number of nitrogens with one attached hydrogen (secondary N) is 3. The average molecular weight is 555 g/mol. The standard InChI is InChI=1S/C26H21F4N7O3/c1-40-21-8-13(2-6-17(21)27)11-31-23(38)19-10-20(33-12-32-19)24(39)34-18-7-4-14-9-15(3-5-16(14)18)22-35-25(37-36-22)26(28,29)30/h2-3,5-6,8-10,12,18H,4,7,11H2,1H3,(H,31,38)(H,34,39)(H,35,36,37)/t18-/m0/s1. The number of fused-ring (bicyclic) bond motifs is 1. The van der Waals surface area contributed by atoms with E-state index in [0.29, 0.717) is 24.0 Å². The first-order chi connectivity index (χ1) is 19.1. The van der Waals surface area contributed by atoms with E-state index in [0.717, 1.165) is 17.5 Å². The summed E-state index contributed by atoms with van der Waals surface area (Å²) in [5.74, 6) is -2.81. The van der Waals surface area contributed by atoms with E-state index in [1.54, 1.807) is 18.2 Å². The van der Waals surface area contributed by atoms with Gasteiger partial charge in [-0.2, -0.15) is 18.3 Å². The number of aryl methyl sites for hydroxylation is 1. The number of methoxy groups -OCH3 is 1. The summed E-state index contributed by atoms with van der Waals surface area (Å²) >= 11 is 0. The van der Waals surface area contributed by atoms with Crippen LogP contribution < -0.4 is 15.4 Å². The van der Waals surface area contributed by atoms with Crippen LogP contribution in [0.4, 0.5) is 17.6 Å². The van der Waals surface area contributed by atoms with E-state index >= 15 is 0 Å². The van der Waals surface area contributed by atoms with Crippen LogP contribution in [0.3, 0.4) is 0 Å². The Morgan fingerprint density at radius 2 is 1.85 bits per heavy atom. The van der Waals surface area contributed by atoms with Gasteiger partial charge in [0.15, 0.2) is 17.4 Å². The Hall–Kier alpha value is -4.88. The molecule has 14 heteroatoms. The summed E-state index contributed by atoms with van der Waals surface area (Å²) in [6, 6.07) is 10.1. The van der Waals surface area contributed by atoms with Gasteiger partial charge in [0.1, 0.15) is 17.7 Å². The van der Waals surface area contributed by atoms with Gasteiger partial charge in [-0.3, -0.25) is 14.7 Å². The molecule has 2 amide bonds. The molecule has 2 aromatic carbocycles. The molecule has 10 nitrogen and oxygen atoms in total. The molecule has 0 bridgehead atoms. The van der Waals surface area contributed by atoms with E-state index in [1.165, 1.54) is 31.4 Å². The molecular weight excluding hydrogens is 534 g/mol. The Morgan fingerprint density at radius 1 is 1.07 bits per heavy atom. The van der Waals surface area contributed by atoms with E-state index in [2.05, 4.69) is 30.7 Å². The number of carbonyl (C=O) groups is 2. The van der Waals surface area contributed by atoms with Crippen LogP contribution in [0, 0.1) is 5.82 Å². The molecule has 5 rings (SSSR count). The van der Waals surface area contributed by atoms with Gasteiger partial charge in [-0.25, -0.2) is 19.3 Å². The second kappa shape index (κ2) is 10.7. The zero-order chi connectivity index (χ0) is 28.4. The minimum Gasteiger partial charge on any atom is -0.494 e. The van der Waals surface area contributed by atoms with Crippen LogP contribution in [0.15, 0.2) is 48.8 Å². The molecule has 0 saturated carbocycles. The molecule has 0 saturated heterocycles. The number of hydrogen-bond donors (Lipinski definition) is 3. The zero-order valence-electron chi connectivity index (χ0n) is 20.8. The number of amides is 2. The van der Waals surface area contributed by atoms with Gasteiger partial charge < -0.3 is 15.4 Å². The highest BCUT2D eigenvalue weighted by molar-refractivity contribution is 5.97. The van der Waals surface area contributed by atoms with Gasteiger partial charge in [-0.15, -0.1) is 0 Å². The van der Waals surface area contributed by atoms with Crippen LogP contribution in [0.5, 0.6) is 5.75 Å². The lowest BCUT2D eigenvalue weighted by Crippen LogP contribution is -2.29. The SMILES string of the molecule is COc1cc(CNC(=O)c2cc(C(=O)N[C@H]3CCc4cc(-c5n[nH]c(C(F)(F)F)n5)ccc43)ncn2)ccc1F. The van der Waals surface area contributed by atoms with Crippen molar-refractivity contribution in [2.45, 2.75) is 31.6 Å². The largest absolute Gasteiger partial charge is 0.494 e. The van der Waals surface area contributed by atoms with Crippen LogP contribution in [0.25, 0.3) is 11.4 Å². The zero-order valence-corrected chi connectivity index (χ0v) is 20.8. The van der Waals surface area contributed by atoms with Crippen molar-refractivity contribution in [2.24, 2.45) is 0 Å². The Bertz CT molecular complexity index is 1590. The van der Waals surface area contributed by atoms with E-state index in [9.17, 15) is 27.2 Å². The Balaban J connectivity index is 1.23. The van der Waals surface area contributed by atoms with Crippen molar-refractivity contribution in [1.82, 2.24) is 35.8 Å². The van der Waals surface area contributed by atoms with Crippen molar-refractivity contribution < 1.29 is 31.9 Å². The molecule has 0 unspecified atom stereocenters. The first-order valence-corrected chi connectivity index (χ1v) is 12.0. The van der Waals surface area contributed by atoms with Gasteiger partial charge in [0, 0.05) is 18.2 Å². The average Bonchev–Trinajstić information content (AvgIpc) is 3.60. The predicted molar refractivity (Wildman–Crippen MR) is 132 cm³/mol. The molecule has 2 heterocycles. The molecule has 1 aliphatic rings. The quantitative estimate of drug-likeness (QED) is 0.296. The minimum atomic E-state index is -4.63. The predicted octanol–water partition coefficient (Wildman–Crippen LogP) is 3.78. The van der Waals surface area contributed by atoms with Gasteiger partial charge in [0.05, 0.1) is 13.2 Å². The third kappa shape index (κ3) is 5.60. The number of aromatic amines is 1. The summed E-state index contributed by atoms with van der Waals surface area (Å²) in [4.78, 5) is 37.0. The molecule has 1 atom stereocenters. The number of benzene rings is 2. The number of rotatable bonds is 7. The molecule has 0 spiro atoms. The summed E-state index contributed by atoms with van der Waals surface area (Å²) < 4.78 is 57.1. The van der Waals surface area contributed by atoms with Crippen molar-refractivity contribution >= 4 is 11.8 Å². The highest BCUT2D eigenvalue weighted by Crippen LogP contribution is 2.34. The van der Waals surface area contributed by atoms with Crippen molar-refractivity contribution in [3.63, 3.8) is 0 Å². The van der Waals surface area contributed by atoms with E-state index < -0.39 is 29.6 Å². The van der Waals surface area contributed by atoms with Crippen molar-refractivity contribution in [3.8, 4) is 17.1 Å². The summed E-state index contributed by atoms with van der Waals surface area (Å²) in [6.45, 7) is 0.0766. The monoisotopic (exact) mass is 555 g/mol. The lowest BCUT2D eigenvalue weighted by Gasteiger charge is -2.14. The van der Waals surface area contributed by atoms with Gasteiger partial charge in [-0.05, 0) is 47.7 Å². The maximum Gasteiger partial charge on any atom is 0.451 e. The van der Waals surface area contributed by atoms with Gasteiger partial charge in [0.25, 0.3) is 11.8 Å². The van der Waals surface area contributed by atoms with Crippen LogP contribution >= 0.6 is 0 Å². The highest BCUT2D eigenvalue weighted by atomic mass is 19.4. The van der Waals surface area contributed by atoms with Crippen molar-refractivity contribution in [1.29, 1.82) is 0 Å². The molecule has 206 valence electrons. The summed E-state index contributed by atoms with van der Waals surface area (Å²) in [6.07, 6.45) is -2.39. The van der Waals surface area contributed by atoms with Gasteiger partial charge >= 0.3 is 6.18 Å². The lowest BCUT2D eigenvalue weighted by molar-refractivity contribution is -0.144. The Labute approximate surface area is 224 Å². The van der Waals surface area contributed by atoms with Crippen LogP contribution in [-0.2, 0) is 19.1 Å². The molecule has 0 radical (unpaired) electrons. The number of halogens is 4. The fourth-order valence-electron chi connectivity index (χ4n) is 4.35. The molecule has 40 heavy (non-hydrogen) atoms. The summed E-state index contributed by atoms with van der Waals surface area (Å²) in [5, 5.41) is 11.1. The third-order valence-electron chi connectivity index (χ3n) is 6.34. The first-order valence-electron chi connectivity index (χ1n) is 12.0. The fourth-order valence-corrected chi connectivity index (χ4v) is 4.35. The van der Waals surface area contributed by atoms with E-state index in [-0.39, 0.29) is 35.5 Å². The summed E-state index contributed by atoms with van der Waals surface area (Å²) in [5.41, 5.74) is 2.63. The second-order valence-corrected chi connectivity index (χ2v) is 8.92. The number of hydrogen-bond acceptors (Lipinski definition) is 7. The molecule has 4 aromatic rings. The van der Waals surface area contributed by atoms with Crippen LogP contribution in [-0.4, -0.2) is 44.1 Å². The number of ether oxygens (including phenoxy) is 1. The first kappa shape index (κ1) is 26.7. The number of nitrogens with zero attached hydrogens (tertiary/aromatic N) is 4. The highest BCUT2D eigenvalue weighted by Gasteiger charge is 2.35. The Morgan fingerprint density at radius 3 is 2.58 bits per heavy atom. The van der Waals surface area contributed by atoms with Crippen molar-refractivity contribution in [3.05, 3.63) is 88.5 Å². The van der Waals surface area contributed by atoms with Gasteiger partial charge in [-0.1, -0.05) is 18.2 Å². The molecule has 0 fully saturated rings. The van der Waals surface area contributed by atoms with E-state index in [4.69, 9.17) is 4.74 Å². The number of carbonyl (C=O) groups excluding carboxylic acids is 2. The van der Waals surface area contributed by atoms with Crippen molar-refractivity contribution in [2.75, 3.05) is 7.11 Å². The number of alkyl halides is 3. The van der Waals surface area contributed by atoms with Crippen LogP contribution in [0.2, 0.25) is 0 Å². The Kier molecular flexibility index (Phi) is 7.15. The fraction of sp³-hybridized carbons (Fsp3) is 0.231. The van der Waals surface area contributed by atoms with E-state index in [1.807, 2.05) is 5.10 Å². The maximum atomic E-state index is 13.6. The molecule has 2 aromatic heterocycles. The topological polar surface area (TPSA) is 135 Å². The summed E-state index contributed by atoms with van der Waals surface area (Å²) in [7, 11) is 1.34. The number of H-pyrrole nitrogens is 1. The number of aromatic nitrogens is 5. The molecule has 0 aliphatic heterocycles. The third-order valence-corrected chi connectivity index (χ3v) is 6.34. The smallest absolute Gasteiger partial charge is 0.451 e. The second-order valence-electron chi connectivity index (χ2n) is 8.92. The lowest BCUT2D eigenvalue weighted by atomic mass is 10.0. The molecular formula is C26H21F4N7O3. The maximum absolute atomic E-state index is 13.6. The van der Waals surface area contributed by atoms with Crippen LogP contribution in [0.1, 0.15) is 56.0 Å². The molecule has 1 aliphatic carbocycles. The normalized spacial score (nSPS) is 14.5.